The molecular weight excluding hydrogens is 224 g/mol. The molecule has 1 aromatic rings. The van der Waals surface area contributed by atoms with Crippen LogP contribution in [0.5, 0.6) is 0 Å². The van der Waals surface area contributed by atoms with E-state index in [0.717, 1.165) is 23.2 Å². The van der Waals surface area contributed by atoms with Crippen molar-refractivity contribution < 1.29 is 4.79 Å². The molecule has 0 spiro atoms. The highest BCUT2D eigenvalue weighted by molar-refractivity contribution is 5.86. The first-order valence-electron chi connectivity index (χ1n) is 6.56. The second kappa shape index (κ2) is 4.73. The van der Waals surface area contributed by atoms with Crippen molar-refractivity contribution >= 4 is 5.91 Å². The van der Waals surface area contributed by atoms with Gasteiger partial charge in [-0.3, -0.25) is 10.1 Å². The number of nitrogens with two attached hydrogens (primary N) is 1. The summed E-state index contributed by atoms with van der Waals surface area (Å²) in [4.78, 5) is 11.9. The Kier molecular flexibility index (Phi) is 3.44. The minimum Gasteiger partial charge on any atom is -0.368 e. The van der Waals surface area contributed by atoms with Crippen molar-refractivity contribution in [2.24, 2.45) is 11.7 Å². The van der Waals surface area contributed by atoms with Crippen molar-refractivity contribution in [2.75, 3.05) is 6.54 Å². The summed E-state index contributed by atoms with van der Waals surface area (Å²) in [5, 5.41) is 3.37. The fourth-order valence-corrected chi connectivity index (χ4v) is 2.26. The van der Waals surface area contributed by atoms with Crippen LogP contribution in [0, 0.1) is 19.8 Å². The Morgan fingerprint density at radius 1 is 1.44 bits per heavy atom. The molecule has 3 N–H and O–H groups in total. The lowest BCUT2D eigenvalue weighted by Crippen LogP contribution is -2.51. The molecule has 1 saturated carbocycles. The first-order valence-corrected chi connectivity index (χ1v) is 6.56. The van der Waals surface area contributed by atoms with Gasteiger partial charge in [-0.2, -0.15) is 0 Å². The Balaban J connectivity index is 2.31. The Morgan fingerprint density at radius 2 is 2.11 bits per heavy atom. The van der Waals surface area contributed by atoms with E-state index in [9.17, 15) is 4.79 Å². The van der Waals surface area contributed by atoms with Crippen molar-refractivity contribution in [3.8, 4) is 0 Å². The molecule has 1 aliphatic carbocycles. The molecule has 1 fully saturated rings. The lowest BCUT2D eigenvalue weighted by molar-refractivity contribution is -0.124. The van der Waals surface area contributed by atoms with E-state index in [2.05, 4.69) is 17.4 Å². The lowest BCUT2D eigenvalue weighted by Gasteiger charge is -2.30. The van der Waals surface area contributed by atoms with Gasteiger partial charge in [-0.05, 0) is 57.2 Å². The molecule has 0 radical (unpaired) electrons. The van der Waals surface area contributed by atoms with Gasteiger partial charge in [0.2, 0.25) is 5.91 Å². The quantitative estimate of drug-likeness (QED) is 0.835. The van der Waals surface area contributed by atoms with Crippen LogP contribution in [-0.2, 0) is 10.3 Å². The molecule has 0 bridgehead atoms. The molecular formula is C15H22N2O. The van der Waals surface area contributed by atoms with Crippen LogP contribution in [0.4, 0.5) is 0 Å². The van der Waals surface area contributed by atoms with E-state index >= 15 is 0 Å². The van der Waals surface area contributed by atoms with Crippen LogP contribution < -0.4 is 11.1 Å². The highest BCUT2D eigenvalue weighted by Crippen LogP contribution is 2.31. The summed E-state index contributed by atoms with van der Waals surface area (Å²) in [7, 11) is 0. The Bertz CT molecular complexity index is 466. The maximum Gasteiger partial charge on any atom is 0.242 e. The third-order valence-electron chi connectivity index (χ3n) is 3.87. The van der Waals surface area contributed by atoms with E-state index in [1.54, 1.807) is 0 Å². The van der Waals surface area contributed by atoms with Crippen LogP contribution in [0.3, 0.4) is 0 Å². The number of nitrogens with one attached hydrogen (secondary N) is 1. The van der Waals surface area contributed by atoms with Gasteiger partial charge in [0.05, 0.1) is 0 Å². The third kappa shape index (κ3) is 2.56. The predicted molar refractivity (Wildman–Crippen MR) is 73.2 cm³/mol. The fraction of sp³-hybridized carbons (Fsp3) is 0.533. The molecule has 1 unspecified atom stereocenters. The topological polar surface area (TPSA) is 55.1 Å². The molecule has 0 saturated heterocycles. The number of primary amides is 1. The lowest BCUT2D eigenvalue weighted by atomic mass is 9.86. The van der Waals surface area contributed by atoms with E-state index < -0.39 is 5.54 Å². The summed E-state index contributed by atoms with van der Waals surface area (Å²) in [6.45, 7) is 6.81. The second-order valence-corrected chi connectivity index (χ2v) is 5.63. The second-order valence-electron chi connectivity index (χ2n) is 5.63. The first-order chi connectivity index (χ1) is 8.43. The highest BCUT2D eigenvalue weighted by atomic mass is 16.1. The molecule has 3 nitrogen and oxygen atoms in total. The number of hydrogen-bond donors (Lipinski definition) is 2. The van der Waals surface area contributed by atoms with Gasteiger partial charge < -0.3 is 5.73 Å². The number of hydrogen-bond acceptors (Lipinski definition) is 2. The van der Waals surface area contributed by atoms with Crippen molar-refractivity contribution in [2.45, 2.75) is 39.2 Å². The molecule has 1 atom stereocenters. The van der Waals surface area contributed by atoms with E-state index in [4.69, 9.17) is 5.73 Å². The van der Waals surface area contributed by atoms with Gasteiger partial charge in [-0.15, -0.1) is 0 Å². The molecule has 0 heterocycles. The SMILES string of the molecule is Cc1ccc(C)c(C(C)(NCC2CC2)C(N)=O)c1. The molecule has 1 aromatic carbocycles. The number of amides is 1. The summed E-state index contributed by atoms with van der Waals surface area (Å²) in [5.41, 5.74) is 8.11. The van der Waals surface area contributed by atoms with E-state index in [1.165, 1.54) is 12.8 Å². The maximum absolute atomic E-state index is 11.9. The molecule has 2 rings (SSSR count). The highest BCUT2D eigenvalue weighted by Gasteiger charge is 2.36. The molecule has 1 amide bonds. The summed E-state index contributed by atoms with van der Waals surface area (Å²) >= 11 is 0. The zero-order chi connectivity index (χ0) is 13.3. The number of aryl methyl sites for hydroxylation is 2. The van der Waals surface area contributed by atoms with Gasteiger partial charge >= 0.3 is 0 Å². The predicted octanol–water partition coefficient (Wildman–Crippen LogP) is 2.00. The minimum absolute atomic E-state index is 0.308. The first kappa shape index (κ1) is 13.1. The number of carbonyl (C=O) groups is 1. The van der Waals surface area contributed by atoms with Gasteiger partial charge in [0.1, 0.15) is 5.54 Å². The average molecular weight is 246 g/mol. The average Bonchev–Trinajstić information content (AvgIpc) is 3.13. The van der Waals surface area contributed by atoms with Crippen LogP contribution in [0.15, 0.2) is 18.2 Å². The third-order valence-corrected chi connectivity index (χ3v) is 3.87. The zero-order valence-corrected chi connectivity index (χ0v) is 11.4. The molecule has 18 heavy (non-hydrogen) atoms. The number of carbonyl (C=O) groups excluding carboxylic acids is 1. The van der Waals surface area contributed by atoms with Crippen LogP contribution in [-0.4, -0.2) is 12.5 Å². The van der Waals surface area contributed by atoms with Gasteiger partial charge in [-0.25, -0.2) is 0 Å². The van der Waals surface area contributed by atoms with E-state index in [-0.39, 0.29) is 5.91 Å². The summed E-state index contributed by atoms with van der Waals surface area (Å²) in [6, 6.07) is 6.16. The van der Waals surface area contributed by atoms with Gasteiger partial charge in [0.15, 0.2) is 0 Å². The van der Waals surface area contributed by atoms with Crippen LogP contribution in [0.25, 0.3) is 0 Å². The molecule has 0 aliphatic heterocycles. The largest absolute Gasteiger partial charge is 0.368 e. The Morgan fingerprint density at radius 3 is 2.67 bits per heavy atom. The standard InChI is InChI=1S/C15H22N2O/c1-10-4-5-11(2)13(8-10)15(3,14(16)18)17-9-12-6-7-12/h4-5,8,12,17H,6-7,9H2,1-3H3,(H2,16,18). The Hall–Kier alpha value is -1.35. The number of rotatable bonds is 5. The Labute approximate surface area is 109 Å². The van der Waals surface area contributed by atoms with Crippen molar-refractivity contribution in [1.82, 2.24) is 5.32 Å². The van der Waals surface area contributed by atoms with Crippen LogP contribution in [0.1, 0.15) is 36.5 Å². The fourth-order valence-electron chi connectivity index (χ4n) is 2.26. The van der Waals surface area contributed by atoms with Gasteiger partial charge in [0.25, 0.3) is 0 Å². The summed E-state index contributed by atoms with van der Waals surface area (Å²) in [5.74, 6) is 0.408. The maximum atomic E-state index is 11.9. The van der Waals surface area contributed by atoms with Gasteiger partial charge in [0, 0.05) is 0 Å². The summed E-state index contributed by atoms with van der Waals surface area (Å²) in [6.07, 6.45) is 2.52. The zero-order valence-electron chi connectivity index (χ0n) is 11.4. The monoisotopic (exact) mass is 246 g/mol. The normalized spacial score (nSPS) is 18.4. The van der Waals surface area contributed by atoms with Crippen LogP contribution in [0.2, 0.25) is 0 Å². The summed E-state index contributed by atoms with van der Waals surface area (Å²) < 4.78 is 0. The van der Waals surface area contributed by atoms with Crippen LogP contribution >= 0.6 is 0 Å². The van der Waals surface area contributed by atoms with Crippen molar-refractivity contribution in [1.29, 1.82) is 0 Å². The molecule has 0 aromatic heterocycles. The smallest absolute Gasteiger partial charge is 0.242 e. The van der Waals surface area contributed by atoms with Crippen molar-refractivity contribution in [3.05, 3.63) is 34.9 Å². The molecule has 98 valence electrons. The molecule has 3 heteroatoms. The van der Waals surface area contributed by atoms with Crippen molar-refractivity contribution in [3.63, 3.8) is 0 Å². The van der Waals surface area contributed by atoms with E-state index in [0.29, 0.717) is 5.92 Å². The van der Waals surface area contributed by atoms with E-state index in [1.807, 2.05) is 26.8 Å². The number of benzene rings is 1. The minimum atomic E-state index is -0.765. The molecule has 1 aliphatic rings. The van der Waals surface area contributed by atoms with Gasteiger partial charge in [-0.1, -0.05) is 23.8 Å².